The van der Waals surface area contributed by atoms with Crippen molar-refractivity contribution in [2.45, 2.75) is 57.8 Å². The molecule has 0 radical (unpaired) electrons. The van der Waals surface area contributed by atoms with Gasteiger partial charge in [0.25, 0.3) is 0 Å². The molecule has 2 nitrogen and oxygen atoms in total. The van der Waals surface area contributed by atoms with Gasteiger partial charge in [-0.3, -0.25) is 9.59 Å². The highest BCUT2D eigenvalue weighted by molar-refractivity contribution is 5.91. The summed E-state index contributed by atoms with van der Waals surface area (Å²) in [6.07, 6.45) is 8.80. The van der Waals surface area contributed by atoms with Gasteiger partial charge in [0.2, 0.25) is 0 Å². The van der Waals surface area contributed by atoms with E-state index in [0.29, 0.717) is 47.6 Å². The molecule has 3 fully saturated rings. The minimum absolute atomic E-state index is 0.0973. The van der Waals surface area contributed by atoms with Gasteiger partial charge in [-0.05, 0) is 73.3 Å². The first-order chi connectivity index (χ1) is 12.6. The van der Waals surface area contributed by atoms with Crippen molar-refractivity contribution in [3.05, 3.63) is 47.5 Å². The molecule has 26 heavy (non-hydrogen) atoms. The standard InChI is InChI=1S/C24H28O2/c1-24-12-11-19-18-8-7-17(25)13-16(18)14-20(15-5-3-2-4-6-15)23(19)21(24)9-10-22(24)26/h2-6,13,18-21,23H,7-12,14H2,1H3/t18-,19+,20-,21-,23-,24-/m0/s1. The molecule has 6 atom stereocenters. The lowest BCUT2D eigenvalue weighted by Gasteiger charge is -2.55. The molecule has 0 aromatic heterocycles. The van der Waals surface area contributed by atoms with Crippen LogP contribution in [0.25, 0.3) is 0 Å². The maximum Gasteiger partial charge on any atom is 0.155 e. The van der Waals surface area contributed by atoms with Crippen molar-refractivity contribution in [2.24, 2.45) is 29.1 Å². The fourth-order valence-electron chi connectivity index (χ4n) is 7.04. The number of carbonyl (C=O) groups is 2. The van der Waals surface area contributed by atoms with Crippen LogP contribution in [-0.4, -0.2) is 11.6 Å². The van der Waals surface area contributed by atoms with Gasteiger partial charge in [-0.1, -0.05) is 42.8 Å². The number of allylic oxidation sites excluding steroid dienone is 1. The van der Waals surface area contributed by atoms with Crippen LogP contribution in [0, 0.1) is 29.1 Å². The van der Waals surface area contributed by atoms with Crippen molar-refractivity contribution in [1.29, 1.82) is 0 Å². The van der Waals surface area contributed by atoms with Crippen molar-refractivity contribution in [2.75, 3.05) is 0 Å². The van der Waals surface area contributed by atoms with Gasteiger partial charge in [-0.2, -0.15) is 0 Å². The summed E-state index contributed by atoms with van der Waals surface area (Å²) >= 11 is 0. The molecular weight excluding hydrogens is 320 g/mol. The molecule has 0 aliphatic heterocycles. The Hall–Kier alpha value is -1.70. The highest BCUT2D eigenvalue weighted by Crippen LogP contribution is 2.63. The van der Waals surface area contributed by atoms with E-state index < -0.39 is 0 Å². The molecule has 2 heteroatoms. The summed E-state index contributed by atoms with van der Waals surface area (Å²) in [5, 5.41) is 0. The Balaban J connectivity index is 1.60. The van der Waals surface area contributed by atoms with Gasteiger partial charge < -0.3 is 0 Å². The molecule has 0 spiro atoms. The molecule has 1 aromatic rings. The van der Waals surface area contributed by atoms with E-state index in [9.17, 15) is 9.59 Å². The van der Waals surface area contributed by atoms with Crippen LogP contribution in [-0.2, 0) is 9.59 Å². The van der Waals surface area contributed by atoms with Crippen molar-refractivity contribution in [3.63, 3.8) is 0 Å². The molecule has 0 saturated heterocycles. The lowest BCUT2D eigenvalue weighted by Crippen LogP contribution is -2.49. The fraction of sp³-hybridized carbons (Fsp3) is 0.583. The Morgan fingerprint density at radius 2 is 1.77 bits per heavy atom. The molecule has 136 valence electrons. The Morgan fingerprint density at radius 1 is 0.962 bits per heavy atom. The summed E-state index contributed by atoms with van der Waals surface area (Å²) < 4.78 is 0. The van der Waals surface area contributed by atoms with Gasteiger partial charge >= 0.3 is 0 Å². The molecule has 0 heterocycles. The van der Waals surface area contributed by atoms with E-state index in [1.807, 2.05) is 6.08 Å². The Morgan fingerprint density at radius 3 is 2.58 bits per heavy atom. The van der Waals surface area contributed by atoms with E-state index >= 15 is 0 Å². The molecule has 4 aliphatic rings. The zero-order chi connectivity index (χ0) is 17.9. The summed E-state index contributed by atoms with van der Waals surface area (Å²) in [4.78, 5) is 24.8. The van der Waals surface area contributed by atoms with Crippen LogP contribution in [0.3, 0.4) is 0 Å². The monoisotopic (exact) mass is 348 g/mol. The van der Waals surface area contributed by atoms with Gasteiger partial charge in [-0.15, -0.1) is 0 Å². The van der Waals surface area contributed by atoms with Crippen LogP contribution in [0.1, 0.15) is 63.4 Å². The minimum atomic E-state index is -0.0973. The number of hydrogen-bond acceptors (Lipinski definition) is 2. The molecule has 1 aromatic carbocycles. The van der Waals surface area contributed by atoms with Crippen LogP contribution in [0.5, 0.6) is 0 Å². The van der Waals surface area contributed by atoms with Crippen LogP contribution in [0.2, 0.25) is 0 Å². The SMILES string of the molecule is C[C@]12CC[C@H]3[C@@H]([C@H](c4ccccc4)CC4=CC(=O)CC[C@@H]43)[C@@H]1CCC2=O. The lowest BCUT2D eigenvalue weighted by molar-refractivity contribution is -0.131. The quantitative estimate of drug-likeness (QED) is 0.708. The van der Waals surface area contributed by atoms with E-state index in [1.54, 1.807) is 0 Å². The van der Waals surface area contributed by atoms with Gasteiger partial charge in [0.15, 0.2) is 5.78 Å². The topological polar surface area (TPSA) is 34.1 Å². The predicted octanol–water partition coefficient (Wildman–Crippen LogP) is 5.09. The maximum atomic E-state index is 12.7. The van der Waals surface area contributed by atoms with Crippen LogP contribution < -0.4 is 0 Å². The smallest absolute Gasteiger partial charge is 0.155 e. The van der Waals surface area contributed by atoms with Gasteiger partial charge in [0.05, 0.1) is 0 Å². The fourth-order valence-corrected chi connectivity index (χ4v) is 7.04. The molecule has 0 bridgehead atoms. The summed E-state index contributed by atoms with van der Waals surface area (Å²) in [5.74, 6) is 3.64. The number of benzene rings is 1. The van der Waals surface area contributed by atoms with E-state index in [-0.39, 0.29) is 5.41 Å². The van der Waals surface area contributed by atoms with Gasteiger partial charge in [-0.25, -0.2) is 0 Å². The first kappa shape index (κ1) is 16.5. The molecular formula is C24H28O2. The lowest BCUT2D eigenvalue weighted by atomic mass is 9.49. The third kappa shape index (κ3) is 2.30. The summed E-state index contributed by atoms with van der Waals surface area (Å²) in [6, 6.07) is 10.9. The number of Topliss-reactive ketones (excluding diaryl/α,β-unsaturated/α-hetero) is 1. The molecule has 3 saturated carbocycles. The van der Waals surface area contributed by atoms with Crippen molar-refractivity contribution in [1.82, 2.24) is 0 Å². The average molecular weight is 348 g/mol. The van der Waals surface area contributed by atoms with E-state index in [2.05, 4.69) is 37.3 Å². The Bertz CT molecular complexity index is 777. The second kappa shape index (κ2) is 5.90. The Labute approximate surface area is 156 Å². The second-order valence-electron chi connectivity index (χ2n) is 9.32. The van der Waals surface area contributed by atoms with Crippen molar-refractivity contribution in [3.8, 4) is 0 Å². The molecule has 0 amide bonds. The largest absolute Gasteiger partial charge is 0.299 e. The third-order valence-corrected chi connectivity index (χ3v) is 8.28. The summed E-state index contributed by atoms with van der Waals surface area (Å²) in [7, 11) is 0. The van der Waals surface area contributed by atoms with E-state index in [4.69, 9.17) is 0 Å². The zero-order valence-corrected chi connectivity index (χ0v) is 15.6. The maximum absolute atomic E-state index is 12.7. The van der Waals surface area contributed by atoms with Crippen LogP contribution in [0.15, 0.2) is 42.0 Å². The van der Waals surface area contributed by atoms with Crippen LogP contribution in [0.4, 0.5) is 0 Å². The van der Waals surface area contributed by atoms with Gasteiger partial charge in [0.1, 0.15) is 5.78 Å². The van der Waals surface area contributed by atoms with Crippen molar-refractivity contribution >= 4 is 11.6 Å². The highest BCUT2D eigenvalue weighted by atomic mass is 16.1. The molecule has 4 aliphatic carbocycles. The van der Waals surface area contributed by atoms with Crippen molar-refractivity contribution < 1.29 is 9.59 Å². The first-order valence-electron chi connectivity index (χ1n) is 10.4. The molecule has 0 N–H and O–H groups in total. The number of hydrogen-bond donors (Lipinski definition) is 0. The van der Waals surface area contributed by atoms with Gasteiger partial charge in [0, 0.05) is 18.3 Å². The summed E-state index contributed by atoms with van der Waals surface area (Å²) in [5.41, 5.74) is 2.72. The zero-order valence-electron chi connectivity index (χ0n) is 15.6. The average Bonchev–Trinajstić information content (AvgIpc) is 2.96. The third-order valence-electron chi connectivity index (χ3n) is 8.28. The second-order valence-corrected chi connectivity index (χ2v) is 9.32. The Kier molecular flexibility index (Phi) is 3.74. The van der Waals surface area contributed by atoms with E-state index in [1.165, 1.54) is 11.1 Å². The normalized spacial score (nSPS) is 41.9. The highest BCUT2D eigenvalue weighted by Gasteiger charge is 2.58. The molecule has 0 unspecified atom stereocenters. The number of carbonyl (C=O) groups excluding carboxylic acids is 2. The predicted molar refractivity (Wildman–Crippen MR) is 102 cm³/mol. The summed E-state index contributed by atoms with van der Waals surface area (Å²) in [6.45, 7) is 2.25. The van der Waals surface area contributed by atoms with E-state index in [0.717, 1.165) is 38.5 Å². The first-order valence-corrected chi connectivity index (χ1v) is 10.4. The number of ketones is 2. The number of fused-ring (bicyclic) bond motifs is 5. The molecule has 5 rings (SSSR count). The van der Waals surface area contributed by atoms with Crippen LogP contribution >= 0.6 is 0 Å². The number of rotatable bonds is 1. The minimum Gasteiger partial charge on any atom is -0.299 e.